The van der Waals surface area contributed by atoms with Gasteiger partial charge in [-0.1, -0.05) is 31.5 Å². The fourth-order valence-electron chi connectivity index (χ4n) is 2.18. The van der Waals surface area contributed by atoms with E-state index >= 15 is 0 Å². The van der Waals surface area contributed by atoms with Crippen LogP contribution in [0.15, 0.2) is 5.16 Å². The second kappa shape index (κ2) is 7.53. The number of hydrogen-bond donors (Lipinski definition) is 1. The van der Waals surface area contributed by atoms with Crippen molar-refractivity contribution in [3.05, 3.63) is 0 Å². The molecule has 106 valence electrons. The summed E-state index contributed by atoms with van der Waals surface area (Å²) in [7, 11) is 1.59. The molecule has 0 aliphatic heterocycles. The van der Waals surface area contributed by atoms with Gasteiger partial charge in [0.15, 0.2) is 5.16 Å². The molecular weight excluding hydrogens is 260 g/mol. The number of nitrogens with zero attached hydrogens (tertiary/aromatic N) is 3. The summed E-state index contributed by atoms with van der Waals surface area (Å²) in [6.45, 7) is 2.97. The van der Waals surface area contributed by atoms with Crippen molar-refractivity contribution >= 4 is 17.7 Å². The molecule has 0 unspecified atom stereocenters. The summed E-state index contributed by atoms with van der Waals surface area (Å²) in [6, 6.07) is 0.391. The van der Waals surface area contributed by atoms with E-state index in [1.165, 1.54) is 25.7 Å². The van der Waals surface area contributed by atoms with E-state index in [2.05, 4.69) is 27.2 Å². The van der Waals surface area contributed by atoms with Gasteiger partial charge in [0.05, 0.1) is 7.11 Å². The summed E-state index contributed by atoms with van der Waals surface area (Å²) in [5.41, 5.74) is 0. The van der Waals surface area contributed by atoms with Crippen molar-refractivity contribution in [2.24, 2.45) is 5.92 Å². The summed E-state index contributed by atoms with van der Waals surface area (Å²) in [5.74, 6) is 2.53. The first-order valence-corrected chi connectivity index (χ1v) is 7.97. The smallest absolute Gasteiger partial charge is 0.321 e. The summed E-state index contributed by atoms with van der Waals surface area (Å²) in [4.78, 5) is 12.9. The van der Waals surface area contributed by atoms with E-state index < -0.39 is 0 Å². The molecule has 0 amide bonds. The minimum atomic E-state index is 0.391. The third kappa shape index (κ3) is 4.53. The molecule has 1 N–H and O–H groups in total. The monoisotopic (exact) mass is 282 g/mol. The molecule has 5 nitrogen and oxygen atoms in total. The maximum Gasteiger partial charge on any atom is 0.321 e. The second-order valence-corrected chi connectivity index (χ2v) is 5.80. The van der Waals surface area contributed by atoms with E-state index in [-0.39, 0.29) is 0 Å². The van der Waals surface area contributed by atoms with Crippen molar-refractivity contribution in [1.82, 2.24) is 15.0 Å². The molecular formula is C13H22N4OS. The zero-order valence-electron chi connectivity index (χ0n) is 11.7. The quantitative estimate of drug-likeness (QED) is 0.776. The number of thioether (sulfide) groups is 1. The molecule has 0 radical (unpaired) electrons. The molecule has 1 aliphatic rings. The highest BCUT2D eigenvalue weighted by Crippen LogP contribution is 2.30. The summed E-state index contributed by atoms with van der Waals surface area (Å²) in [5, 5.41) is 3.94. The van der Waals surface area contributed by atoms with Gasteiger partial charge < -0.3 is 10.1 Å². The maximum absolute atomic E-state index is 5.13. The van der Waals surface area contributed by atoms with Crippen LogP contribution in [0.4, 0.5) is 5.95 Å². The van der Waals surface area contributed by atoms with E-state index in [1.54, 1.807) is 18.9 Å². The Kier molecular flexibility index (Phi) is 5.69. The van der Waals surface area contributed by atoms with Gasteiger partial charge in [0.2, 0.25) is 5.95 Å². The Labute approximate surface area is 119 Å². The molecule has 1 aliphatic carbocycles. The summed E-state index contributed by atoms with van der Waals surface area (Å²) >= 11 is 1.71. The number of rotatable bonds is 7. The highest BCUT2D eigenvalue weighted by molar-refractivity contribution is 7.99. The number of aromatic nitrogens is 3. The van der Waals surface area contributed by atoms with E-state index in [4.69, 9.17) is 4.74 Å². The fraction of sp³-hybridized carbons (Fsp3) is 0.769. The van der Waals surface area contributed by atoms with E-state index in [1.807, 2.05) is 0 Å². The predicted octanol–water partition coefficient (Wildman–Crippen LogP) is 2.98. The first-order chi connectivity index (χ1) is 9.31. The van der Waals surface area contributed by atoms with Crippen LogP contribution in [-0.4, -0.2) is 34.4 Å². The summed E-state index contributed by atoms with van der Waals surface area (Å²) < 4.78 is 5.13. The number of hydrogen-bond acceptors (Lipinski definition) is 6. The Hall–Kier alpha value is -1.04. The lowest BCUT2D eigenvalue weighted by molar-refractivity contribution is 0.373. The Morgan fingerprint density at radius 3 is 2.74 bits per heavy atom. The molecule has 1 aromatic rings. The number of anilines is 1. The van der Waals surface area contributed by atoms with Crippen LogP contribution in [0.25, 0.3) is 0 Å². The first kappa shape index (κ1) is 14.4. The van der Waals surface area contributed by atoms with Crippen molar-refractivity contribution in [1.29, 1.82) is 0 Å². The maximum atomic E-state index is 5.13. The van der Waals surface area contributed by atoms with Crippen LogP contribution in [0, 0.1) is 5.92 Å². The number of methoxy groups -OCH3 is 1. The Balaban J connectivity index is 1.96. The Bertz CT molecular complexity index is 396. The van der Waals surface area contributed by atoms with Crippen LogP contribution < -0.4 is 10.1 Å². The zero-order valence-corrected chi connectivity index (χ0v) is 12.5. The lowest BCUT2D eigenvalue weighted by Gasteiger charge is -2.09. The second-order valence-electron chi connectivity index (χ2n) is 4.82. The van der Waals surface area contributed by atoms with Crippen LogP contribution >= 0.6 is 11.8 Å². The van der Waals surface area contributed by atoms with Crippen molar-refractivity contribution < 1.29 is 4.74 Å². The standard InChI is InChI=1S/C13H22N4OS/c1-3-8-14-11-15-12(18-2)17-13(16-11)19-9-10-6-4-5-7-10/h10H,3-9H2,1-2H3,(H,14,15,16,17). The van der Waals surface area contributed by atoms with Gasteiger partial charge in [0.1, 0.15) is 0 Å². The highest BCUT2D eigenvalue weighted by Gasteiger charge is 2.16. The normalized spacial score (nSPS) is 15.7. The van der Waals surface area contributed by atoms with Gasteiger partial charge in [-0.2, -0.15) is 15.0 Å². The minimum absolute atomic E-state index is 0.391. The third-order valence-electron chi connectivity index (χ3n) is 3.23. The Morgan fingerprint density at radius 1 is 1.26 bits per heavy atom. The average molecular weight is 282 g/mol. The Morgan fingerprint density at radius 2 is 2.05 bits per heavy atom. The first-order valence-electron chi connectivity index (χ1n) is 6.98. The van der Waals surface area contributed by atoms with Gasteiger partial charge in [-0.25, -0.2) is 0 Å². The van der Waals surface area contributed by atoms with Crippen LogP contribution in [0.1, 0.15) is 39.0 Å². The molecule has 0 atom stereocenters. The van der Waals surface area contributed by atoms with Gasteiger partial charge in [-0.05, 0) is 25.2 Å². The third-order valence-corrected chi connectivity index (χ3v) is 4.31. The van der Waals surface area contributed by atoms with E-state index in [0.717, 1.165) is 29.8 Å². The highest BCUT2D eigenvalue weighted by atomic mass is 32.2. The van der Waals surface area contributed by atoms with Crippen molar-refractivity contribution in [3.8, 4) is 6.01 Å². The molecule has 0 bridgehead atoms. The van der Waals surface area contributed by atoms with Crippen molar-refractivity contribution in [2.45, 2.75) is 44.2 Å². The number of nitrogens with one attached hydrogen (secondary N) is 1. The number of ether oxygens (including phenoxy) is 1. The van der Waals surface area contributed by atoms with E-state index in [0.29, 0.717) is 12.0 Å². The molecule has 6 heteroatoms. The molecule has 2 rings (SSSR count). The van der Waals surface area contributed by atoms with Crippen LogP contribution in [0.3, 0.4) is 0 Å². The van der Waals surface area contributed by atoms with Crippen LogP contribution in [-0.2, 0) is 0 Å². The van der Waals surface area contributed by atoms with Gasteiger partial charge >= 0.3 is 6.01 Å². The van der Waals surface area contributed by atoms with Gasteiger partial charge in [-0.3, -0.25) is 0 Å². The lowest BCUT2D eigenvalue weighted by Crippen LogP contribution is -2.08. The molecule has 0 aromatic carbocycles. The molecule has 1 heterocycles. The molecule has 19 heavy (non-hydrogen) atoms. The topological polar surface area (TPSA) is 59.9 Å². The summed E-state index contributed by atoms with van der Waals surface area (Å²) in [6.07, 6.45) is 6.47. The van der Waals surface area contributed by atoms with Crippen molar-refractivity contribution in [2.75, 3.05) is 24.7 Å². The molecule has 0 spiro atoms. The van der Waals surface area contributed by atoms with Crippen LogP contribution in [0.5, 0.6) is 6.01 Å². The van der Waals surface area contributed by atoms with Gasteiger partial charge in [0, 0.05) is 12.3 Å². The van der Waals surface area contributed by atoms with Crippen molar-refractivity contribution in [3.63, 3.8) is 0 Å². The molecule has 1 aromatic heterocycles. The molecule has 0 saturated heterocycles. The van der Waals surface area contributed by atoms with E-state index in [9.17, 15) is 0 Å². The largest absolute Gasteiger partial charge is 0.467 e. The predicted molar refractivity (Wildman–Crippen MR) is 77.8 cm³/mol. The van der Waals surface area contributed by atoms with Gasteiger partial charge in [0.25, 0.3) is 0 Å². The molecule has 1 saturated carbocycles. The average Bonchev–Trinajstić information content (AvgIpc) is 2.96. The fourth-order valence-corrected chi connectivity index (χ4v) is 3.19. The zero-order chi connectivity index (χ0) is 13.5. The molecule has 1 fully saturated rings. The van der Waals surface area contributed by atoms with Gasteiger partial charge in [-0.15, -0.1) is 0 Å². The minimum Gasteiger partial charge on any atom is -0.467 e. The SMILES string of the molecule is CCCNc1nc(OC)nc(SCC2CCCC2)n1. The van der Waals surface area contributed by atoms with Crippen LogP contribution in [0.2, 0.25) is 0 Å². The lowest BCUT2D eigenvalue weighted by atomic mass is 10.1.